The van der Waals surface area contributed by atoms with Crippen LogP contribution < -0.4 is 15.6 Å². The zero-order chi connectivity index (χ0) is 30.8. The molecule has 0 aliphatic heterocycles. The number of para-hydroxylation sites is 1. The van der Waals surface area contributed by atoms with Gasteiger partial charge in [0.2, 0.25) is 5.82 Å². The number of amides is 1. The van der Waals surface area contributed by atoms with Crippen molar-refractivity contribution in [3.63, 3.8) is 0 Å². The lowest BCUT2D eigenvalue weighted by atomic mass is 10.2. The van der Waals surface area contributed by atoms with Crippen LogP contribution in [0.25, 0.3) is 33.5 Å². The molecule has 1 amide bonds. The van der Waals surface area contributed by atoms with Gasteiger partial charge >= 0.3 is 5.69 Å². The predicted octanol–water partition coefficient (Wildman–Crippen LogP) is 6.69. The lowest BCUT2D eigenvalue weighted by molar-refractivity contribution is -0.385. The number of benzene rings is 4. The molecule has 2 heterocycles. The highest BCUT2D eigenvalue weighted by atomic mass is 79.9. The predicted molar refractivity (Wildman–Crippen MR) is 170 cm³/mol. The first-order valence-corrected chi connectivity index (χ1v) is 14.1. The van der Waals surface area contributed by atoms with E-state index in [1.54, 1.807) is 48.5 Å². The quantitative estimate of drug-likeness (QED) is 0.110. The summed E-state index contributed by atoms with van der Waals surface area (Å²) in [5, 5.41) is 20.1. The number of anilines is 1. The largest absolute Gasteiger partial charge is 0.477 e. The van der Waals surface area contributed by atoms with Crippen LogP contribution in [-0.2, 0) is 4.79 Å². The molecule has 0 radical (unpaired) electrons. The molecule has 12 heteroatoms. The molecular weight excluding hydrogens is 630 g/mol. The summed E-state index contributed by atoms with van der Waals surface area (Å²) in [4.78, 5) is 41.8. The third-order valence-electron chi connectivity index (χ3n) is 6.65. The van der Waals surface area contributed by atoms with Gasteiger partial charge in [0, 0.05) is 27.2 Å². The van der Waals surface area contributed by atoms with Crippen molar-refractivity contribution >= 4 is 61.3 Å². The molecule has 6 aromatic rings. The first-order chi connectivity index (χ1) is 21.2. The molecule has 1 N–H and O–H groups in total. The molecule has 0 aliphatic carbocycles. The maximum atomic E-state index is 13.5. The minimum Gasteiger partial charge on any atom is -0.477 e. The van der Waals surface area contributed by atoms with E-state index < -0.39 is 23.0 Å². The molecule has 0 spiro atoms. The number of aromatic nitrogens is 2. The third-order valence-corrected chi connectivity index (χ3v) is 7.14. The van der Waals surface area contributed by atoms with E-state index in [1.165, 1.54) is 24.4 Å². The summed E-state index contributed by atoms with van der Waals surface area (Å²) in [6.45, 7) is 1.50. The third kappa shape index (κ3) is 5.96. The number of ether oxygens (including phenoxy) is 1. The number of hydrogen-bond donors (Lipinski definition) is 1. The van der Waals surface area contributed by atoms with Crippen molar-refractivity contribution in [2.75, 3.05) is 11.9 Å². The van der Waals surface area contributed by atoms with Gasteiger partial charge in [-0.1, -0.05) is 45.8 Å². The molecule has 44 heavy (non-hydrogen) atoms. The van der Waals surface area contributed by atoms with Gasteiger partial charge in [0.25, 0.3) is 11.5 Å². The van der Waals surface area contributed by atoms with E-state index >= 15 is 0 Å². The second kappa shape index (κ2) is 11.9. The van der Waals surface area contributed by atoms with Crippen LogP contribution in [0.5, 0.6) is 5.75 Å². The average Bonchev–Trinajstić information content (AvgIpc) is 3.44. The van der Waals surface area contributed by atoms with Crippen molar-refractivity contribution in [3.8, 4) is 17.3 Å². The number of hydrogen-bond acceptors (Lipinski definition) is 8. The highest BCUT2D eigenvalue weighted by molar-refractivity contribution is 9.10. The number of nitrogens with zero attached hydrogens (tertiary/aromatic N) is 4. The zero-order valence-electron chi connectivity index (χ0n) is 23.1. The van der Waals surface area contributed by atoms with Crippen molar-refractivity contribution in [2.24, 2.45) is 5.10 Å². The fourth-order valence-corrected chi connectivity index (χ4v) is 4.87. The first kappa shape index (κ1) is 28.5. The highest BCUT2D eigenvalue weighted by Crippen LogP contribution is 2.30. The number of nitro groups is 1. The summed E-state index contributed by atoms with van der Waals surface area (Å²) in [6.07, 6.45) is 1.31. The Kier molecular flexibility index (Phi) is 7.73. The van der Waals surface area contributed by atoms with Crippen LogP contribution in [0.1, 0.15) is 11.1 Å². The number of nitro benzene ring substituents is 1. The Morgan fingerprint density at radius 3 is 2.68 bits per heavy atom. The Morgan fingerprint density at radius 2 is 1.89 bits per heavy atom. The van der Waals surface area contributed by atoms with Gasteiger partial charge in [0.1, 0.15) is 5.58 Å². The summed E-state index contributed by atoms with van der Waals surface area (Å²) in [5.74, 6) is -0.0876. The van der Waals surface area contributed by atoms with Crippen molar-refractivity contribution in [1.29, 1.82) is 0 Å². The number of carbonyl (C=O) groups is 1. The molecule has 0 fully saturated rings. The fraction of sp³-hybridized carbons (Fsp3) is 0.0625. The monoisotopic (exact) mass is 651 g/mol. The van der Waals surface area contributed by atoms with Gasteiger partial charge in [-0.2, -0.15) is 9.78 Å². The van der Waals surface area contributed by atoms with Gasteiger partial charge in [-0.3, -0.25) is 19.7 Å². The van der Waals surface area contributed by atoms with Gasteiger partial charge in [0.15, 0.2) is 18.1 Å². The van der Waals surface area contributed by atoms with E-state index in [9.17, 15) is 19.7 Å². The number of halogens is 1. The van der Waals surface area contributed by atoms with E-state index in [1.807, 2.05) is 31.2 Å². The SMILES string of the molecule is Cc1ccc(NC(=O)COc2ccc(C=Nn3c(-c4cc5cc(Br)ccc5o4)nc4ccccc4c3=O)cc2[N+](=O)[O-])cc1. The minimum absolute atomic E-state index is 0.0927. The maximum Gasteiger partial charge on any atom is 0.311 e. The second-order valence-corrected chi connectivity index (χ2v) is 10.7. The van der Waals surface area contributed by atoms with Crippen molar-refractivity contribution in [3.05, 3.63) is 127 Å². The molecule has 0 atom stereocenters. The molecule has 0 bridgehead atoms. The number of carbonyl (C=O) groups excluding carboxylic acids is 1. The molecule has 6 rings (SSSR count). The van der Waals surface area contributed by atoms with Crippen LogP contribution in [0.2, 0.25) is 0 Å². The zero-order valence-corrected chi connectivity index (χ0v) is 24.6. The maximum absolute atomic E-state index is 13.5. The molecule has 0 unspecified atom stereocenters. The number of furan rings is 1. The Balaban J connectivity index is 1.31. The topological polar surface area (TPSA) is 142 Å². The van der Waals surface area contributed by atoms with Crippen LogP contribution in [0.4, 0.5) is 11.4 Å². The average molecular weight is 652 g/mol. The molecular formula is C32H22BrN5O6. The molecule has 0 saturated carbocycles. The summed E-state index contributed by atoms with van der Waals surface area (Å²) in [5.41, 5.74) is 2.18. The Bertz CT molecular complexity index is 2150. The Hall–Kier alpha value is -5.62. The van der Waals surface area contributed by atoms with Crippen LogP contribution in [0.15, 0.2) is 110 Å². The molecule has 0 aliphatic rings. The summed E-state index contributed by atoms with van der Waals surface area (Å²) in [6, 6.07) is 25.5. The highest BCUT2D eigenvalue weighted by Gasteiger charge is 2.19. The lowest BCUT2D eigenvalue weighted by Crippen LogP contribution is -2.20. The van der Waals surface area contributed by atoms with Crippen molar-refractivity contribution in [2.45, 2.75) is 6.92 Å². The van der Waals surface area contributed by atoms with E-state index in [0.717, 1.165) is 20.1 Å². The fourth-order valence-electron chi connectivity index (χ4n) is 4.50. The van der Waals surface area contributed by atoms with Gasteiger partial charge in [-0.05, 0) is 67.6 Å². The Morgan fingerprint density at radius 1 is 1.09 bits per heavy atom. The summed E-state index contributed by atoms with van der Waals surface area (Å²) >= 11 is 3.45. The van der Waals surface area contributed by atoms with Gasteiger partial charge in [-0.15, -0.1) is 0 Å². The van der Waals surface area contributed by atoms with Crippen molar-refractivity contribution in [1.82, 2.24) is 9.66 Å². The number of aryl methyl sites for hydroxylation is 1. The van der Waals surface area contributed by atoms with E-state index in [0.29, 0.717) is 33.5 Å². The molecule has 2 aromatic heterocycles. The summed E-state index contributed by atoms with van der Waals surface area (Å²) < 4.78 is 13.4. The van der Waals surface area contributed by atoms with Gasteiger partial charge in [0.05, 0.1) is 22.0 Å². The molecule has 218 valence electrons. The molecule has 4 aromatic carbocycles. The van der Waals surface area contributed by atoms with E-state index in [-0.39, 0.29) is 17.3 Å². The normalized spacial score (nSPS) is 11.3. The number of rotatable bonds is 8. The summed E-state index contributed by atoms with van der Waals surface area (Å²) in [7, 11) is 0. The Labute approximate surface area is 257 Å². The minimum atomic E-state index is -0.619. The lowest BCUT2D eigenvalue weighted by Gasteiger charge is -2.09. The second-order valence-electron chi connectivity index (χ2n) is 9.79. The van der Waals surface area contributed by atoms with Crippen LogP contribution >= 0.6 is 15.9 Å². The van der Waals surface area contributed by atoms with Crippen molar-refractivity contribution < 1.29 is 18.9 Å². The first-order valence-electron chi connectivity index (χ1n) is 13.3. The number of fused-ring (bicyclic) bond motifs is 2. The standard InChI is InChI=1S/C32H22BrN5O6/c1-19-6-10-23(11-7-19)35-30(39)18-43-28-12-8-20(14-26(28)38(41)42)17-34-37-31(36-25-5-3-2-4-24(25)32(37)40)29-16-21-15-22(33)9-13-27(21)44-29/h2-17H,18H2,1H3,(H,35,39). The smallest absolute Gasteiger partial charge is 0.311 e. The van der Waals surface area contributed by atoms with E-state index in [2.05, 4.69) is 31.3 Å². The van der Waals surface area contributed by atoms with Crippen LogP contribution in [0, 0.1) is 17.0 Å². The van der Waals surface area contributed by atoms with Gasteiger partial charge in [-0.25, -0.2) is 4.98 Å². The molecule has 11 nitrogen and oxygen atoms in total. The molecule has 0 saturated heterocycles. The van der Waals surface area contributed by atoms with Gasteiger partial charge < -0.3 is 14.5 Å². The van der Waals surface area contributed by atoms with Crippen LogP contribution in [-0.4, -0.2) is 33.3 Å². The van der Waals surface area contributed by atoms with Crippen LogP contribution in [0.3, 0.4) is 0 Å². The van der Waals surface area contributed by atoms with E-state index in [4.69, 9.17) is 9.15 Å². The number of nitrogens with one attached hydrogen (secondary N) is 1.